The standard InChI is InChI=1S/C17H20FN3O3S/c1-12(13-4-3-5-15(18)8-13)17(22)21-6-7-25(23,24)11-16(21)14-9-19-20(2)10-14/h3-5,8-10,12,16H,6-7,11H2,1-2H3/t12-,16-/m1/s1. The zero-order valence-electron chi connectivity index (χ0n) is 14.1. The smallest absolute Gasteiger partial charge is 0.230 e. The minimum Gasteiger partial charge on any atom is -0.333 e. The van der Waals surface area contributed by atoms with Crippen LogP contribution in [0.1, 0.15) is 30.0 Å². The summed E-state index contributed by atoms with van der Waals surface area (Å²) in [5.41, 5.74) is 1.26. The lowest BCUT2D eigenvalue weighted by atomic mass is 9.98. The van der Waals surface area contributed by atoms with Crippen LogP contribution in [0.4, 0.5) is 4.39 Å². The van der Waals surface area contributed by atoms with Crippen molar-refractivity contribution in [3.05, 3.63) is 53.6 Å². The van der Waals surface area contributed by atoms with E-state index in [1.807, 2.05) is 0 Å². The molecule has 1 aliphatic rings. The van der Waals surface area contributed by atoms with Crippen LogP contribution in [0.15, 0.2) is 36.7 Å². The van der Waals surface area contributed by atoms with E-state index in [0.717, 1.165) is 0 Å². The fraction of sp³-hybridized carbons (Fsp3) is 0.412. The van der Waals surface area contributed by atoms with Gasteiger partial charge in [0.1, 0.15) is 5.82 Å². The van der Waals surface area contributed by atoms with Crippen LogP contribution in [0, 0.1) is 5.82 Å². The van der Waals surface area contributed by atoms with Gasteiger partial charge in [-0.25, -0.2) is 12.8 Å². The average molecular weight is 365 g/mol. The van der Waals surface area contributed by atoms with Gasteiger partial charge < -0.3 is 4.90 Å². The highest BCUT2D eigenvalue weighted by Crippen LogP contribution is 2.30. The largest absolute Gasteiger partial charge is 0.333 e. The van der Waals surface area contributed by atoms with Crippen LogP contribution in [0.2, 0.25) is 0 Å². The van der Waals surface area contributed by atoms with Gasteiger partial charge in [0.15, 0.2) is 9.84 Å². The molecule has 8 heteroatoms. The summed E-state index contributed by atoms with van der Waals surface area (Å²) >= 11 is 0. The second-order valence-corrected chi connectivity index (χ2v) is 8.61. The summed E-state index contributed by atoms with van der Waals surface area (Å²) in [6, 6.07) is 5.35. The lowest BCUT2D eigenvalue weighted by Gasteiger charge is -2.36. The van der Waals surface area contributed by atoms with E-state index in [1.54, 1.807) is 48.1 Å². The maximum atomic E-state index is 13.5. The monoisotopic (exact) mass is 365 g/mol. The Morgan fingerprint density at radius 1 is 1.40 bits per heavy atom. The molecule has 25 heavy (non-hydrogen) atoms. The van der Waals surface area contributed by atoms with Gasteiger partial charge in [0.25, 0.3) is 0 Å². The SMILES string of the molecule is C[C@@H](C(=O)N1CCS(=O)(=O)C[C@@H]1c1cnn(C)c1)c1cccc(F)c1. The number of benzene rings is 1. The highest BCUT2D eigenvalue weighted by Gasteiger charge is 2.37. The van der Waals surface area contributed by atoms with Gasteiger partial charge in [-0.05, 0) is 24.6 Å². The quantitative estimate of drug-likeness (QED) is 0.829. The summed E-state index contributed by atoms with van der Waals surface area (Å²) in [7, 11) is -1.49. The van der Waals surface area contributed by atoms with Crippen molar-refractivity contribution in [2.24, 2.45) is 7.05 Å². The van der Waals surface area contributed by atoms with Gasteiger partial charge >= 0.3 is 0 Å². The van der Waals surface area contributed by atoms with Crippen LogP contribution in [0.5, 0.6) is 0 Å². The predicted molar refractivity (Wildman–Crippen MR) is 91.1 cm³/mol. The summed E-state index contributed by atoms with van der Waals surface area (Å²) in [4.78, 5) is 14.6. The van der Waals surface area contributed by atoms with E-state index in [-0.39, 0.29) is 24.0 Å². The fourth-order valence-corrected chi connectivity index (χ4v) is 4.62. The summed E-state index contributed by atoms with van der Waals surface area (Å²) in [5.74, 6) is -1.36. The number of nitrogens with zero attached hydrogens (tertiary/aromatic N) is 3. The summed E-state index contributed by atoms with van der Waals surface area (Å²) < 4.78 is 39.2. The highest BCUT2D eigenvalue weighted by molar-refractivity contribution is 7.91. The molecule has 1 saturated heterocycles. The van der Waals surface area contributed by atoms with E-state index in [1.165, 1.54) is 12.1 Å². The molecule has 1 aromatic heterocycles. The molecule has 0 N–H and O–H groups in total. The molecule has 0 unspecified atom stereocenters. The number of halogens is 1. The first-order valence-electron chi connectivity index (χ1n) is 8.02. The Morgan fingerprint density at radius 2 is 2.16 bits per heavy atom. The van der Waals surface area contributed by atoms with Crippen LogP contribution in [-0.4, -0.2) is 47.1 Å². The van der Waals surface area contributed by atoms with Gasteiger partial charge in [0.05, 0.1) is 29.7 Å². The van der Waals surface area contributed by atoms with Crippen molar-refractivity contribution >= 4 is 15.7 Å². The number of sulfone groups is 1. The molecule has 0 saturated carbocycles. The number of rotatable bonds is 3. The van der Waals surface area contributed by atoms with Crippen molar-refractivity contribution in [3.63, 3.8) is 0 Å². The number of carbonyl (C=O) groups is 1. The average Bonchev–Trinajstić information content (AvgIpc) is 2.99. The van der Waals surface area contributed by atoms with E-state index >= 15 is 0 Å². The van der Waals surface area contributed by atoms with Crippen molar-refractivity contribution < 1.29 is 17.6 Å². The van der Waals surface area contributed by atoms with Gasteiger partial charge in [-0.15, -0.1) is 0 Å². The first kappa shape index (κ1) is 17.6. The Balaban J connectivity index is 1.91. The third kappa shape index (κ3) is 3.73. The minimum atomic E-state index is -3.23. The highest BCUT2D eigenvalue weighted by atomic mass is 32.2. The fourth-order valence-electron chi connectivity index (χ4n) is 3.13. The van der Waals surface area contributed by atoms with E-state index in [4.69, 9.17) is 0 Å². The number of amides is 1. The molecule has 1 fully saturated rings. The molecule has 2 aromatic rings. The third-order valence-electron chi connectivity index (χ3n) is 4.54. The molecule has 0 bridgehead atoms. The number of carbonyl (C=O) groups excluding carboxylic acids is 1. The van der Waals surface area contributed by atoms with Crippen LogP contribution >= 0.6 is 0 Å². The Kier molecular flexibility index (Phi) is 4.64. The second kappa shape index (κ2) is 6.59. The van der Waals surface area contributed by atoms with Gasteiger partial charge in [-0.2, -0.15) is 5.10 Å². The number of hydrogen-bond donors (Lipinski definition) is 0. The molecule has 6 nitrogen and oxygen atoms in total. The van der Waals surface area contributed by atoms with Crippen LogP contribution < -0.4 is 0 Å². The van der Waals surface area contributed by atoms with Gasteiger partial charge in [0, 0.05) is 25.4 Å². The Bertz CT molecular complexity index is 894. The molecule has 2 atom stereocenters. The van der Waals surface area contributed by atoms with E-state index in [2.05, 4.69) is 5.10 Å². The van der Waals surface area contributed by atoms with Crippen molar-refractivity contribution in [3.8, 4) is 0 Å². The molecule has 0 radical (unpaired) electrons. The lowest BCUT2D eigenvalue weighted by Crippen LogP contribution is -2.47. The Hall–Kier alpha value is -2.22. The molecule has 1 amide bonds. The zero-order valence-corrected chi connectivity index (χ0v) is 14.9. The predicted octanol–water partition coefficient (Wildman–Crippen LogP) is 1.66. The molecule has 3 rings (SSSR count). The molecular formula is C17H20FN3O3S. The molecule has 1 aromatic carbocycles. The number of aryl methyl sites for hydroxylation is 1. The van der Waals surface area contributed by atoms with Crippen LogP contribution in [0.3, 0.4) is 0 Å². The molecule has 2 heterocycles. The summed E-state index contributed by atoms with van der Waals surface area (Å²) in [6.45, 7) is 1.83. The Labute approximate surface area is 146 Å². The van der Waals surface area contributed by atoms with Crippen molar-refractivity contribution in [2.45, 2.75) is 18.9 Å². The van der Waals surface area contributed by atoms with Crippen molar-refractivity contribution in [1.82, 2.24) is 14.7 Å². The maximum Gasteiger partial charge on any atom is 0.230 e. The maximum absolute atomic E-state index is 13.5. The van der Waals surface area contributed by atoms with Crippen molar-refractivity contribution in [2.75, 3.05) is 18.1 Å². The van der Waals surface area contributed by atoms with Crippen LogP contribution in [0.25, 0.3) is 0 Å². The normalized spacial score (nSPS) is 21.1. The molecule has 0 aliphatic carbocycles. The lowest BCUT2D eigenvalue weighted by molar-refractivity contribution is -0.134. The second-order valence-electron chi connectivity index (χ2n) is 6.39. The van der Waals surface area contributed by atoms with E-state index in [0.29, 0.717) is 11.1 Å². The zero-order chi connectivity index (χ0) is 18.2. The van der Waals surface area contributed by atoms with Gasteiger partial charge in [-0.1, -0.05) is 12.1 Å². The van der Waals surface area contributed by atoms with Crippen LogP contribution in [-0.2, 0) is 21.7 Å². The molecule has 0 spiro atoms. The van der Waals surface area contributed by atoms with Gasteiger partial charge in [-0.3, -0.25) is 9.48 Å². The molecule has 1 aliphatic heterocycles. The molecule has 134 valence electrons. The number of hydrogen-bond acceptors (Lipinski definition) is 4. The minimum absolute atomic E-state index is 0.0641. The first-order valence-corrected chi connectivity index (χ1v) is 9.84. The summed E-state index contributed by atoms with van der Waals surface area (Å²) in [5, 5.41) is 4.08. The summed E-state index contributed by atoms with van der Waals surface area (Å²) in [6.07, 6.45) is 3.30. The Morgan fingerprint density at radius 3 is 2.80 bits per heavy atom. The third-order valence-corrected chi connectivity index (χ3v) is 6.17. The van der Waals surface area contributed by atoms with E-state index < -0.39 is 27.6 Å². The topological polar surface area (TPSA) is 72.3 Å². The van der Waals surface area contributed by atoms with E-state index in [9.17, 15) is 17.6 Å². The van der Waals surface area contributed by atoms with Crippen molar-refractivity contribution in [1.29, 1.82) is 0 Å². The molecular weight excluding hydrogens is 345 g/mol. The van der Waals surface area contributed by atoms with Gasteiger partial charge in [0.2, 0.25) is 5.91 Å². The first-order chi connectivity index (χ1) is 11.8. The number of aromatic nitrogens is 2.